The van der Waals surface area contributed by atoms with Gasteiger partial charge in [-0.05, 0) is 36.8 Å². The maximum absolute atomic E-state index is 12.0. The molecule has 0 aliphatic heterocycles. The Hall–Kier alpha value is -0.690. The second-order valence-electron chi connectivity index (χ2n) is 8.82. The van der Waals surface area contributed by atoms with Crippen molar-refractivity contribution in [1.29, 1.82) is 0 Å². The number of rotatable bonds is 14. The van der Waals surface area contributed by atoms with E-state index in [1.54, 1.807) is 0 Å². The highest BCUT2D eigenvalue weighted by Crippen LogP contribution is 2.32. The molecule has 0 unspecified atom stereocenters. The van der Waals surface area contributed by atoms with E-state index in [0.717, 1.165) is 25.9 Å². The van der Waals surface area contributed by atoms with Crippen LogP contribution in [0.4, 0.5) is 0 Å². The van der Waals surface area contributed by atoms with Crippen molar-refractivity contribution < 1.29 is 15.0 Å². The maximum atomic E-state index is 12.0. The summed E-state index contributed by atoms with van der Waals surface area (Å²) in [6, 6.07) is 0. The van der Waals surface area contributed by atoms with Crippen molar-refractivity contribution in [3.8, 4) is 0 Å². The van der Waals surface area contributed by atoms with Gasteiger partial charge in [-0.2, -0.15) is 0 Å². The highest BCUT2D eigenvalue weighted by molar-refractivity contribution is 5.76. The Morgan fingerprint density at radius 1 is 0.960 bits per heavy atom. The van der Waals surface area contributed by atoms with E-state index in [-0.39, 0.29) is 30.0 Å². The van der Waals surface area contributed by atoms with Crippen molar-refractivity contribution in [2.45, 2.75) is 53.9 Å². The van der Waals surface area contributed by atoms with Gasteiger partial charge in [-0.1, -0.05) is 34.6 Å². The van der Waals surface area contributed by atoms with E-state index in [1.807, 2.05) is 4.90 Å². The number of carbonyl (C=O) groups is 1. The van der Waals surface area contributed by atoms with Crippen molar-refractivity contribution in [2.24, 2.45) is 10.8 Å². The molecule has 0 fully saturated rings. The molecule has 0 aliphatic carbocycles. The molecule has 0 saturated heterocycles. The number of amides is 1. The molecule has 0 rings (SSSR count). The average Bonchev–Trinajstić information content (AvgIpc) is 2.46. The van der Waals surface area contributed by atoms with Crippen LogP contribution in [0.1, 0.15) is 53.9 Å². The molecule has 0 atom stereocenters. The van der Waals surface area contributed by atoms with Crippen LogP contribution in [-0.4, -0.2) is 73.5 Å². The van der Waals surface area contributed by atoms with Gasteiger partial charge < -0.3 is 20.8 Å². The molecule has 4 N–H and O–H groups in total. The highest BCUT2D eigenvalue weighted by atomic mass is 16.3. The first-order valence-electron chi connectivity index (χ1n) is 9.51. The number of hydrogen-bond donors (Lipinski definition) is 4. The van der Waals surface area contributed by atoms with Gasteiger partial charge in [-0.3, -0.25) is 9.69 Å². The molecule has 0 aromatic rings. The molecular weight excluding hydrogens is 318 g/mol. The van der Waals surface area contributed by atoms with E-state index < -0.39 is 0 Å². The number of hydrogen-bond acceptors (Lipinski definition) is 5. The summed E-state index contributed by atoms with van der Waals surface area (Å²) < 4.78 is 0. The summed E-state index contributed by atoms with van der Waals surface area (Å²) in [5.74, 6) is 0.0941. The summed E-state index contributed by atoms with van der Waals surface area (Å²) >= 11 is 0. The smallest absolute Gasteiger partial charge is 0.221 e. The van der Waals surface area contributed by atoms with E-state index >= 15 is 0 Å². The quantitative estimate of drug-likeness (QED) is 0.351. The molecule has 0 aromatic heterocycles. The van der Waals surface area contributed by atoms with Gasteiger partial charge >= 0.3 is 0 Å². The minimum Gasteiger partial charge on any atom is -0.395 e. The molecule has 0 bridgehead atoms. The minimum atomic E-state index is 0.0941. The van der Waals surface area contributed by atoms with Gasteiger partial charge in [0.1, 0.15) is 0 Å². The van der Waals surface area contributed by atoms with Crippen molar-refractivity contribution in [3.05, 3.63) is 0 Å². The number of carbonyl (C=O) groups excluding carboxylic acids is 1. The van der Waals surface area contributed by atoms with Crippen molar-refractivity contribution in [2.75, 3.05) is 52.5 Å². The Bertz CT molecular complexity index is 348. The average molecular weight is 360 g/mol. The standard InChI is InChI=1S/C19H41N3O3/c1-18(2,3)15-19(4,5)16-21-17(25)7-9-20-8-6-10-22(11-13-23)12-14-24/h20,23-24H,6-16H2,1-5H3,(H,21,25). The van der Waals surface area contributed by atoms with Crippen LogP contribution in [0.3, 0.4) is 0 Å². The van der Waals surface area contributed by atoms with Gasteiger partial charge in [0.25, 0.3) is 0 Å². The minimum absolute atomic E-state index is 0.0941. The number of nitrogens with zero attached hydrogens (tertiary/aromatic N) is 1. The second-order valence-corrected chi connectivity index (χ2v) is 8.82. The summed E-state index contributed by atoms with van der Waals surface area (Å²) in [5.41, 5.74) is 0.361. The third-order valence-electron chi connectivity index (χ3n) is 3.96. The molecule has 0 aromatic carbocycles. The molecule has 150 valence electrons. The fourth-order valence-corrected chi connectivity index (χ4v) is 3.30. The predicted molar refractivity (Wildman–Crippen MR) is 104 cm³/mol. The summed E-state index contributed by atoms with van der Waals surface area (Å²) in [6.07, 6.45) is 2.49. The zero-order valence-corrected chi connectivity index (χ0v) is 17.0. The summed E-state index contributed by atoms with van der Waals surface area (Å²) in [6.45, 7) is 15.5. The lowest BCUT2D eigenvalue weighted by molar-refractivity contribution is -0.121. The summed E-state index contributed by atoms with van der Waals surface area (Å²) in [7, 11) is 0. The van der Waals surface area contributed by atoms with E-state index in [4.69, 9.17) is 10.2 Å². The highest BCUT2D eigenvalue weighted by Gasteiger charge is 2.25. The van der Waals surface area contributed by atoms with Gasteiger partial charge in [-0.15, -0.1) is 0 Å². The fourth-order valence-electron chi connectivity index (χ4n) is 3.30. The maximum Gasteiger partial charge on any atom is 0.221 e. The van der Waals surface area contributed by atoms with Crippen LogP contribution < -0.4 is 10.6 Å². The summed E-state index contributed by atoms with van der Waals surface area (Å²) in [5, 5.41) is 24.2. The predicted octanol–water partition coefficient (Wildman–Crippen LogP) is 1.22. The lowest BCUT2D eigenvalue weighted by Gasteiger charge is -2.32. The van der Waals surface area contributed by atoms with E-state index in [2.05, 4.69) is 45.3 Å². The monoisotopic (exact) mass is 359 g/mol. The number of nitrogens with one attached hydrogen (secondary N) is 2. The Balaban J connectivity index is 3.77. The normalized spacial score (nSPS) is 12.6. The Kier molecular flexibility index (Phi) is 12.3. The molecule has 0 saturated carbocycles. The number of aliphatic hydroxyl groups excluding tert-OH is 2. The fraction of sp³-hybridized carbons (Fsp3) is 0.947. The second kappa shape index (κ2) is 12.6. The van der Waals surface area contributed by atoms with Gasteiger partial charge in [-0.25, -0.2) is 0 Å². The molecule has 6 nitrogen and oxygen atoms in total. The SMILES string of the molecule is CC(C)(C)CC(C)(C)CNC(=O)CCNCCCN(CCO)CCO. The summed E-state index contributed by atoms with van der Waals surface area (Å²) in [4.78, 5) is 14.0. The van der Waals surface area contributed by atoms with Crippen molar-refractivity contribution >= 4 is 5.91 Å². The first-order chi connectivity index (χ1) is 11.6. The van der Waals surface area contributed by atoms with E-state index in [1.165, 1.54) is 0 Å². The third kappa shape index (κ3) is 15.3. The van der Waals surface area contributed by atoms with Crippen LogP contribution in [0.2, 0.25) is 0 Å². The zero-order valence-electron chi connectivity index (χ0n) is 17.0. The first kappa shape index (κ1) is 24.3. The molecule has 0 spiro atoms. The molecular formula is C19H41N3O3. The lowest BCUT2D eigenvalue weighted by Crippen LogP contribution is -2.37. The van der Waals surface area contributed by atoms with Crippen molar-refractivity contribution in [1.82, 2.24) is 15.5 Å². The largest absolute Gasteiger partial charge is 0.395 e. The molecule has 0 radical (unpaired) electrons. The van der Waals surface area contributed by atoms with Crippen LogP contribution in [0, 0.1) is 10.8 Å². The van der Waals surface area contributed by atoms with Crippen LogP contribution in [0.15, 0.2) is 0 Å². The van der Waals surface area contributed by atoms with Crippen LogP contribution in [-0.2, 0) is 4.79 Å². The van der Waals surface area contributed by atoms with Gasteiger partial charge in [0.05, 0.1) is 13.2 Å². The van der Waals surface area contributed by atoms with E-state index in [9.17, 15) is 4.79 Å². The van der Waals surface area contributed by atoms with Crippen LogP contribution in [0.5, 0.6) is 0 Å². The molecule has 0 heterocycles. The van der Waals surface area contributed by atoms with Gasteiger partial charge in [0.2, 0.25) is 5.91 Å². The van der Waals surface area contributed by atoms with Crippen LogP contribution in [0.25, 0.3) is 0 Å². The lowest BCUT2D eigenvalue weighted by atomic mass is 9.76. The number of aliphatic hydroxyl groups is 2. The third-order valence-corrected chi connectivity index (χ3v) is 3.96. The Labute approximate surface area is 154 Å². The van der Waals surface area contributed by atoms with Crippen LogP contribution >= 0.6 is 0 Å². The van der Waals surface area contributed by atoms with Gasteiger partial charge in [0.15, 0.2) is 0 Å². The topological polar surface area (TPSA) is 84.8 Å². The molecule has 6 heteroatoms. The molecule has 0 aliphatic rings. The van der Waals surface area contributed by atoms with E-state index in [0.29, 0.717) is 32.6 Å². The molecule has 25 heavy (non-hydrogen) atoms. The molecule has 1 amide bonds. The van der Waals surface area contributed by atoms with Crippen molar-refractivity contribution in [3.63, 3.8) is 0 Å². The Morgan fingerprint density at radius 3 is 2.08 bits per heavy atom. The zero-order chi connectivity index (χ0) is 19.3. The first-order valence-corrected chi connectivity index (χ1v) is 9.51. The van der Waals surface area contributed by atoms with Gasteiger partial charge in [0, 0.05) is 32.6 Å². The Morgan fingerprint density at radius 2 is 1.56 bits per heavy atom.